The number of urea groups is 1. The molecule has 0 bridgehead atoms. The van der Waals surface area contributed by atoms with Crippen LogP contribution in [0, 0.1) is 12.8 Å². The zero-order valence-corrected chi connectivity index (χ0v) is 11.3. The van der Waals surface area contributed by atoms with Crippen LogP contribution in [0.15, 0.2) is 10.6 Å². The second-order valence-electron chi connectivity index (χ2n) is 4.71. The first kappa shape index (κ1) is 15.0. The highest BCUT2D eigenvalue weighted by Crippen LogP contribution is 2.05. The van der Waals surface area contributed by atoms with E-state index in [0.29, 0.717) is 18.1 Å². The van der Waals surface area contributed by atoms with Gasteiger partial charge in [0.25, 0.3) is 0 Å². The van der Waals surface area contributed by atoms with Crippen LogP contribution >= 0.6 is 0 Å². The van der Waals surface area contributed by atoms with Gasteiger partial charge in [-0.2, -0.15) is 0 Å². The third kappa shape index (κ3) is 5.41. The molecule has 0 aliphatic carbocycles. The third-order valence-corrected chi connectivity index (χ3v) is 2.38. The fourth-order valence-electron chi connectivity index (χ4n) is 1.54. The average molecular weight is 269 g/mol. The summed E-state index contributed by atoms with van der Waals surface area (Å²) < 4.78 is 5.18. The molecule has 3 N–H and O–H groups in total. The molecule has 0 aliphatic heterocycles. The molecule has 2 amide bonds. The number of hydrogen-bond acceptors (Lipinski definition) is 4. The molecule has 1 atom stereocenters. The number of nitrogens with zero attached hydrogens (tertiary/aromatic N) is 1. The summed E-state index contributed by atoms with van der Waals surface area (Å²) in [6, 6.07) is -1.45. The molecule has 7 heteroatoms. The fourth-order valence-corrected chi connectivity index (χ4v) is 1.54. The number of nitrogens with one attached hydrogen (secondary N) is 2. The molecule has 1 aromatic heterocycles. The van der Waals surface area contributed by atoms with Gasteiger partial charge in [0.15, 0.2) is 0 Å². The van der Waals surface area contributed by atoms with Gasteiger partial charge in [-0.1, -0.05) is 13.8 Å². The summed E-state index contributed by atoms with van der Waals surface area (Å²) in [6.45, 7) is 5.66. The molecule has 106 valence electrons. The molecule has 1 aromatic rings. The smallest absolute Gasteiger partial charge is 0.326 e. The Morgan fingerprint density at radius 1 is 1.47 bits per heavy atom. The van der Waals surface area contributed by atoms with Gasteiger partial charge in [0.1, 0.15) is 11.8 Å². The largest absolute Gasteiger partial charge is 0.480 e. The zero-order valence-electron chi connectivity index (χ0n) is 11.3. The van der Waals surface area contributed by atoms with E-state index in [-0.39, 0.29) is 12.5 Å². The summed E-state index contributed by atoms with van der Waals surface area (Å²) in [5.41, 5.74) is 0. The number of carbonyl (C=O) groups excluding carboxylic acids is 1. The molecular weight excluding hydrogens is 250 g/mol. The SMILES string of the molecule is Cc1cnc(CNC(=O)N[C@@H](CC(C)C)C(=O)O)o1. The topological polar surface area (TPSA) is 104 Å². The van der Waals surface area contributed by atoms with Gasteiger partial charge in [-0.05, 0) is 19.3 Å². The van der Waals surface area contributed by atoms with Crippen molar-refractivity contribution in [3.8, 4) is 0 Å². The maximum Gasteiger partial charge on any atom is 0.326 e. The Kier molecular flexibility index (Phi) is 5.35. The van der Waals surface area contributed by atoms with Gasteiger partial charge in [-0.15, -0.1) is 0 Å². The second-order valence-corrected chi connectivity index (χ2v) is 4.71. The van der Waals surface area contributed by atoms with Crippen molar-refractivity contribution < 1.29 is 19.1 Å². The van der Waals surface area contributed by atoms with E-state index in [1.165, 1.54) is 0 Å². The molecule has 7 nitrogen and oxygen atoms in total. The molecule has 0 aromatic carbocycles. The standard InChI is InChI=1S/C12H19N3O4/c1-7(2)4-9(11(16)17)15-12(18)14-6-10-13-5-8(3)19-10/h5,7,9H,4,6H2,1-3H3,(H,16,17)(H2,14,15,18)/t9-/m0/s1. The van der Waals surface area contributed by atoms with Crippen molar-refractivity contribution in [3.05, 3.63) is 17.8 Å². The molecule has 0 saturated carbocycles. The van der Waals surface area contributed by atoms with Gasteiger partial charge in [-0.3, -0.25) is 0 Å². The van der Waals surface area contributed by atoms with Crippen molar-refractivity contribution in [1.82, 2.24) is 15.6 Å². The number of carboxylic acids is 1. The minimum Gasteiger partial charge on any atom is -0.480 e. The average Bonchev–Trinajstić information content (AvgIpc) is 2.71. The molecular formula is C12H19N3O4. The number of aryl methyl sites for hydroxylation is 1. The summed E-state index contributed by atoms with van der Waals surface area (Å²) >= 11 is 0. The number of aromatic nitrogens is 1. The summed E-state index contributed by atoms with van der Waals surface area (Å²) in [5, 5.41) is 13.9. The summed E-state index contributed by atoms with van der Waals surface area (Å²) in [5.74, 6) is 0.162. The maximum absolute atomic E-state index is 11.6. The molecule has 0 radical (unpaired) electrons. The Labute approximate surface area is 111 Å². The number of carbonyl (C=O) groups is 2. The zero-order chi connectivity index (χ0) is 14.4. The van der Waals surface area contributed by atoms with Crippen LogP contribution in [0.4, 0.5) is 4.79 Å². The van der Waals surface area contributed by atoms with Crippen molar-refractivity contribution in [2.24, 2.45) is 5.92 Å². The van der Waals surface area contributed by atoms with Crippen molar-refractivity contribution in [3.63, 3.8) is 0 Å². The lowest BCUT2D eigenvalue weighted by molar-refractivity contribution is -0.139. The lowest BCUT2D eigenvalue weighted by atomic mass is 10.0. The molecule has 0 unspecified atom stereocenters. The van der Waals surface area contributed by atoms with Crippen molar-refractivity contribution in [2.75, 3.05) is 0 Å². The number of aliphatic carboxylic acids is 1. The van der Waals surface area contributed by atoms with Crippen molar-refractivity contribution in [1.29, 1.82) is 0 Å². The Morgan fingerprint density at radius 2 is 2.16 bits per heavy atom. The normalized spacial score (nSPS) is 12.2. The quantitative estimate of drug-likeness (QED) is 0.721. The van der Waals surface area contributed by atoms with Gasteiger partial charge in [0.05, 0.1) is 12.7 Å². The van der Waals surface area contributed by atoms with Crippen LogP contribution in [-0.4, -0.2) is 28.1 Å². The van der Waals surface area contributed by atoms with E-state index in [2.05, 4.69) is 15.6 Å². The minimum absolute atomic E-state index is 0.119. The molecule has 0 aliphatic rings. The first-order chi connectivity index (χ1) is 8.88. The fraction of sp³-hybridized carbons (Fsp3) is 0.583. The number of oxazole rings is 1. The van der Waals surface area contributed by atoms with Crippen LogP contribution in [0.5, 0.6) is 0 Å². The predicted octanol–water partition coefficient (Wildman–Crippen LogP) is 1.28. The first-order valence-electron chi connectivity index (χ1n) is 6.07. The van der Waals surface area contributed by atoms with E-state index in [1.807, 2.05) is 13.8 Å². The van der Waals surface area contributed by atoms with Crippen LogP contribution in [0.1, 0.15) is 31.9 Å². The van der Waals surface area contributed by atoms with Gasteiger partial charge < -0.3 is 20.2 Å². The van der Waals surface area contributed by atoms with Crippen LogP contribution in [-0.2, 0) is 11.3 Å². The van der Waals surface area contributed by atoms with Crippen LogP contribution in [0.2, 0.25) is 0 Å². The van der Waals surface area contributed by atoms with Crippen molar-refractivity contribution >= 4 is 12.0 Å². The van der Waals surface area contributed by atoms with Crippen LogP contribution in [0.3, 0.4) is 0 Å². The number of amides is 2. The minimum atomic E-state index is -1.05. The maximum atomic E-state index is 11.6. The lowest BCUT2D eigenvalue weighted by Crippen LogP contribution is -2.46. The molecule has 1 heterocycles. The summed E-state index contributed by atoms with van der Waals surface area (Å²) in [4.78, 5) is 26.5. The Balaban J connectivity index is 2.42. The lowest BCUT2D eigenvalue weighted by Gasteiger charge is -2.16. The van der Waals surface area contributed by atoms with E-state index in [0.717, 1.165) is 0 Å². The van der Waals surface area contributed by atoms with E-state index in [4.69, 9.17) is 9.52 Å². The molecule has 19 heavy (non-hydrogen) atoms. The van der Waals surface area contributed by atoms with Crippen LogP contribution < -0.4 is 10.6 Å². The molecule has 0 saturated heterocycles. The molecule has 0 fully saturated rings. The van der Waals surface area contributed by atoms with Gasteiger partial charge >= 0.3 is 12.0 Å². The van der Waals surface area contributed by atoms with Gasteiger partial charge in [0.2, 0.25) is 5.89 Å². The molecule has 1 rings (SSSR count). The van der Waals surface area contributed by atoms with Gasteiger partial charge in [-0.25, -0.2) is 14.6 Å². The second kappa shape index (κ2) is 6.77. The first-order valence-corrected chi connectivity index (χ1v) is 6.07. The van der Waals surface area contributed by atoms with E-state index >= 15 is 0 Å². The molecule has 0 spiro atoms. The highest BCUT2D eigenvalue weighted by Gasteiger charge is 2.20. The van der Waals surface area contributed by atoms with E-state index in [9.17, 15) is 9.59 Å². The number of rotatable bonds is 6. The number of carboxylic acid groups (broad SMARTS) is 1. The highest BCUT2D eigenvalue weighted by atomic mass is 16.4. The Morgan fingerprint density at radius 3 is 2.63 bits per heavy atom. The summed E-state index contributed by atoms with van der Waals surface area (Å²) in [7, 11) is 0. The van der Waals surface area contributed by atoms with E-state index < -0.39 is 18.0 Å². The third-order valence-electron chi connectivity index (χ3n) is 2.38. The highest BCUT2D eigenvalue weighted by molar-refractivity contribution is 5.82. The Bertz CT molecular complexity index is 442. The number of hydrogen-bond donors (Lipinski definition) is 3. The monoisotopic (exact) mass is 269 g/mol. The van der Waals surface area contributed by atoms with Gasteiger partial charge in [0, 0.05) is 0 Å². The Hall–Kier alpha value is -2.05. The van der Waals surface area contributed by atoms with Crippen LogP contribution in [0.25, 0.3) is 0 Å². The van der Waals surface area contributed by atoms with E-state index in [1.54, 1.807) is 13.1 Å². The van der Waals surface area contributed by atoms with Crippen molar-refractivity contribution in [2.45, 2.75) is 39.8 Å². The predicted molar refractivity (Wildman–Crippen MR) is 67.5 cm³/mol. The summed E-state index contributed by atoms with van der Waals surface area (Å²) in [6.07, 6.45) is 1.93.